The standard InChI is InChI=1S/C14H19NO5/c1-3-4-10(14(16)17)15-7-9-5-11(18-2)13-12(6-9)19-8-20-13/h5-6,10,15H,3-4,7-8H2,1-2H3,(H,16,17). The second-order valence-corrected chi connectivity index (χ2v) is 4.59. The highest BCUT2D eigenvalue weighted by atomic mass is 16.7. The zero-order valence-electron chi connectivity index (χ0n) is 11.6. The number of carboxylic acid groups (broad SMARTS) is 1. The van der Waals surface area contributed by atoms with E-state index in [1.165, 1.54) is 0 Å². The Hall–Kier alpha value is -1.95. The van der Waals surface area contributed by atoms with Gasteiger partial charge < -0.3 is 24.6 Å². The second-order valence-electron chi connectivity index (χ2n) is 4.59. The molecular formula is C14H19NO5. The molecule has 6 heteroatoms. The Balaban J connectivity index is 2.08. The molecule has 6 nitrogen and oxygen atoms in total. The zero-order chi connectivity index (χ0) is 14.5. The number of methoxy groups -OCH3 is 1. The van der Waals surface area contributed by atoms with Crippen LogP contribution < -0.4 is 19.5 Å². The lowest BCUT2D eigenvalue weighted by Crippen LogP contribution is -2.35. The first-order valence-electron chi connectivity index (χ1n) is 6.58. The Morgan fingerprint density at radius 3 is 2.95 bits per heavy atom. The molecular weight excluding hydrogens is 262 g/mol. The summed E-state index contributed by atoms with van der Waals surface area (Å²) in [5, 5.41) is 12.1. The molecule has 2 N–H and O–H groups in total. The molecule has 0 radical (unpaired) electrons. The first-order valence-corrected chi connectivity index (χ1v) is 6.58. The van der Waals surface area contributed by atoms with Crippen molar-refractivity contribution in [1.29, 1.82) is 0 Å². The molecule has 20 heavy (non-hydrogen) atoms. The van der Waals surface area contributed by atoms with Gasteiger partial charge in [0.05, 0.1) is 7.11 Å². The van der Waals surface area contributed by atoms with Gasteiger partial charge in [0.1, 0.15) is 6.04 Å². The average Bonchev–Trinajstić information content (AvgIpc) is 2.90. The van der Waals surface area contributed by atoms with E-state index in [0.717, 1.165) is 12.0 Å². The van der Waals surface area contributed by atoms with Crippen molar-refractivity contribution >= 4 is 5.97 Å². The molecule has 0 spiro atoms. The van der Waals surface area contributed by atoms with E-state index in [1.807, 2.05) is 19.1 Å². The van der Waals surface area contributed by atoms with E-state index in [4.69, 9.17) is 19.3 Å². The van der Waals surface area contributed by atoms with Gasteiger partial charge in [0.25, 0.3) is 0 Å². The minimum atomic E-state index is -0.834. The largest absolute Gasteiger partial charge is 0.493 e. The van der Waals surface area contributed by atoms with Crippen molar-refractivity contribution in [3.8, 4) is 17.2 Å². The number of hydrogen-bond acceptors (Lipinski definition) is 5. The summed E-state index contributed by atoms with van der Waals surface area (Å²) in [7, 11) is 1.56. The number of rotatable bonds is 7. The minimum Gasteiger partial charge on any atom is -0.493 e. The van der Waals surface area contributed by atoms with E-state index >= 15 is 0 Å². The molecule has 1 heterocycles. The number of ether oxygens (including phenoxy) is 3. The maximum atomic E-state index is 11.1. The summed E-state index contributed by atoms with van der Waals surface area (Å²) in [4.78, 5) is 11.1. The van der Waals surface area contributed by atoms with E-state index in [1.54, 1.807) is 7.11 Å². The van der Waals surface area contributed by atoms with Gasteiger partial charge in [-0.05, 0) is 24.1 Å². The monoisotopic (exact) mass is 281 g/mol. The third kappa shape index (κ3) is 3.14. The summed E-state index contributed by atoms with van der Waals surface area (Å²) in [6.45, 7) is 2.57. The molecule has 1 aliphatic rings. The summed E-state index contributed by atoms with van der Waals surface area (Å²) >= 11 is 0. The van der Waals surface area contributed by atoms with E-state index in [9.17, 15) is 4.79 Å². The van der Waals surface area contributed by atoms with Crippen LogP contribution in [0.3, 0.4) is 0 Å². The van der Waals surface area contributed by atoms with Crippen LogP contribution in [0.5, 0.6) is 17.2 Å². The summed E-state index contributed by atoms with van der Waals surface area (Å²) in [5.41, 5.74) is 0.897. The van der Waals surface area contributed by atoms with Gasteiger partial charge >= 0.3 is 5.97 Å². The predicted octanol–water partition coefficient (Wildman–Crippen LogP) is 1.77. The summed E-state index contributed by atoms with van der Waals surface area (Å²) < 4.78 is 15.9. The van der Waals surface area contributed by atoms with E-state index < -0.39 is 12.0 Å². The van der Waals surface area contributed by atoms with E-state index in [0.29, 0.717) is 30.2 Å². The van der Waals surface area contributed by atoms with E-state index in [-0.39, 0.29) is 6.79 Å². The average molecular weight is 281 g/mol. The maximum absolute atomic E-state index is 11.1. The highest BCUT2D eigenvalue weighted by Crippen LogP contribution is 2.41. The lowest BCUT2D eigenvalue weighted by atomic mass is 10.1. The Labute approximate surface area is 117 Å². The van der Waals surface area contributed by atoms with Crippen LogP contribution in [0.1, 0.15) is 25.3 Å². The number of carboxylic acids is 1. The molecule has 0 saturated carbocycles. The zero-order valence-corrected chi connectivity index (χ0v) is 11.6. The Morgan fingerprint density at radius 2 is 2.30 bits per heavy atom. The Kier molecular flexibility index (Phi) is 4.68. The van der Waals surface area contributed by atoms with Crippen molar-refractivity contribution in [3.05, 3.63) is 17.7 Å². The van der Waals surface area contributed by atoms with Gasteiger partial charge in [-0.3, -0.25) is 4.79 Å². The maximum Gasteiger partial charge on any atom is 0.320 e. The summed E-state index contributed by atoms with van der Waals surface area (Å²) in [6, 6.07) is 3.12. The normalized spacial score (nSPS) is 14.1. The van der Waals surface area contributed by atoms with Crippen molar-refractivity contribution in [2.75, 3.05) is 13.9 Å². The van der Waals surface area contributed by atoms with Gasteiger partial charge in [-0.2, -0.15) is 0 Å². The Morgan fingerprint density at radius 1 is 1.50 bits per heavy atom. The molecule has 0 amide bonds. The lowest BCUT2D eigenvalue weighted by molar-refractivity contribution is -0.139. The van der Waals surface area contributed by atoms with Crippen LogP contribution >= 0.6 is 0 Å². The molecule has 0 aromatic heterocycles. The highest BCUT2D eigenvalue weighted by molar-refractivity contribution is 5.73. The van der Waals surface area contributed by atoms with Crippen LogP contribution in [-0.2, 0) is 11.3 Å². The fourth-order valence-electron chi connectivity index (χ4n) is 2.13. The van der Waals surface area contributed by atoms with Crippen LogP contribution in [0.15, 0.2) is 12.1 Å². The van der Waals surface area contributed by atoms with Gasteiger partial charge in [-0.1, -0.05) is 13.3 Å². The number of benzene rings is 1. The molecule has 0 saturated heterocycles. The predicted molar refractivity (Wildman–Crippen MR) is 72.3 cm³/mol. The molecule has 0 bridgehead atoms. The van der Waals surface area contributed by atoms with Crippen molar-refractivity contribution in [3.63, 3.8) is 0 Å². The van der Waals surface area contributed by atoms with Crippen LogP contribution in [0.4, 0.5) is 0 Å². The quantitative estimate of drug-likeness (QED) is 0.793. The van der Waals surface area contributed by atoms with E-state index in [2.05, 4.69) is 5.32 Å². The van der Waals surface area contributed by atoms with Gasteiger partial charge in [-0.15, -0.1) is 0 Å². The number of nitrogens with one attached hydrogen (secondary N) is 1. The molecule has 1 aromatic carbocycles. The summed E-state index contributed by atoms with van der Waals surface area (Å²) in [5.74, 6) is 0.988. The molecule has 1 atom stereocenters. The van der Waals surface area contributed by atoms with Gasteiger partial charge in [0.2, 0.25) is 12.5 Å². The molecule has 1 aromatic rings. The van der Waals surface area contributed by atoms with Crippen LogP contribution in [0, 0.1) is 0 Å². The number of aliphatic carboxylic acids is 1. The highest BCUT2D eigenvalue weighted by Gasteiger charge is 2.21. The number of carbonyl (C=O) groups is 1. The van der Waals surface area contributed by atoms with Crippen molar-refractivity contribution in [1.82, 2.24) is 5.32 Å². The summed E-state index contributed by atoms with van der Waals surface area (Å²) in [6.07, 6.45) is 1.41. The topological polar surface area (TPSA) is 77.0 Å². The second kappa shape index (κ2) is 6.47. The smallest absolute Gasteiger partial charge is 0.320 e. The molecule has 2 rings (SSSR count). The van der Waals surface area contributed by atoms with Crippen molar-refractivity contribution in [2.24, 2.45) is 0 Å². The van der Waals surface area contributed by atoms with Gasteiger partial charge in [-0.25, -0.2) is 0 Å². The van der Waals surface area contributed by atoms with Crippen LogP contribution in [0.25, 0.3) is 0 Å². The fraction of sp³-hybridized carbons (Fsp3) is 0.500. The molecule has 1 unspecified atom stereocenters. The third-order valence-electron chi connectivity index (χ3n) is 3.15. The fourth-order valence-corrected chi connectivity index (χ4v) is 2.13. The number of hydrogen-bond donors (Lipinski definition) is 2. The first kappa shape index (κ1) is 14.5. The van der Waals surface area contributed by atoms with Crippen LogP contribution in [-0.4, -0.2) is 31.0 Å². The molecule has 0 fully saturated rings. The number of fused-ring (bicyclic) bond motifs is 1. The molecule has 0 aliphatic carbocycles. The van der Waals surface area contributed by atoms with Gasteiger partial charge in [0.15, 0.2) is 11.5 Å². The first-order chi connectivity index (χ1) is 9.65. The Bertz CT molecular complexity index is 489. The minimum absolute atomic E-state index is 0.177. The SMILES string of the molecule is CCCC(NCc1cc(OC)c2c(c1)OCO2)C(=O)O. The van der Waals surface area contributed by atoms with Crippen LogP contribution in [0.2, 0.25) is 0 Å². The van der Waals surface area contributed by atoms with Crippen molar-refractivity contribution in [2.45, 2.75) is 32.4 Å². The van der Waals surface area contributed by atoms with Crippen molar-refractivity contribution < 1.29 is 24.1 Å². The molecule has 1 aliphatic heterocycles. The molecule has 110 valence electrons. The lowest BCUT2D eigenvalue weighted by Gasteiger charge is -2.14. The third-order valence-corrected chi connectivity index (χ3v) is 3.15. The van der Waals surface area contributed by atoms with Gasteiger partial charge in [0, 0.05) is 6.54 Å².